The highest BCUT2D eigenvalue weighted by molar-refractivity contribution is 7.81. The lowest BCUT2D eigenvalue weighted by molar-refractivity contribution is 0.0690. The first-order valence-electron chi connectivity index (χ1n) is 8.49. The third-order valence-electron chi connectivity index (χ3n) is 4.37. The molecule has 0 bridgehead atoms. The Hall–Kier alpha value is -2.33. The molecule has 1 fully saturated rings. The summed E-state index contributed by atoms with van der Waals surface area (Å²) in [5.74, 6) is -4.20. The minimum Gasteiger partial charge on any atom is -0.477 e. The van der Waals surface area contributed by atoms with Gasteiger partial charge in [0.05, 0.1) is 19.3 Å². The number of anilines is 1. The van der Waals surface area contributed by atoms with Gasteiger partial charge in [-0.1, -0.05) is 0 Å². The lowest BCUT2D eigenvalue weighted by Crippen LogP contribution is -2.35. The molecule has 1 aliphatic heterocycles. The summed E-state index contributed by atoms with van der Waals surface area (Å²) in [6, 6.07) is 2.39. The van der Waals surface area contributed by atoms with Gasteiger partial charge in [0.15, 0.2) is 17.3 Å². The highest BCUT2D eigenvalue weighted by atomic mass is 32.1. The fraction of sp³-hybridized carbons (Fsp3) is 0.389. The number of aryl methyl sites for hydroxylation is 1. The summed E-state index contributed by atoms with van der Waals surface area (Å²) in [4.78, 5) is 21.4. The van der Waals surface area contributed by atoms with Gasteiger partial charge in [0, 0.05) is 29.1 Å². The largest absolute Gasteiger partial charge is 0.477 e. The van der Waals surface area contributed by atoms with Crippen molar-refractivity contribution in [1.82, 2.24) is 9.97 Å². The van der Waals surface area contributed by atoms with Crippen molar-refractivity contribution in [2.45, 2.75) is 31.2 Å². The Morgan fingerprint density at radius 3 is 2.68 bits per heavy atom. The van der Waals surface area contributed by atoms with Crippen LogP contribution in [0.5, 0.6) is 0 Å². The molecule has 1 saturated heterocycles. The van der Waals surface area contributed by atoms with Crippen molar-refractivity contribution < 1.29 is 27.8 Å². The van der Waals surface area contributed by atoms with Gasteiger partial charge in [-0.05, 0) is 25.5 Å². The maximum absolute atomic E-state index is 13.7. The maximum atomic E-state index is 13.7. The van der Waals surface area contributed by atoms with Crippen LogP contribution in [0.3, 0.4) is 0 Å². The van der Waals surface area contributed by atoms with Crippen LogP contribution < -0.4 is 4.90 Å². The average Bonchev–Trinajstić information content (AvgIpc) is 2.99. The summed E-state index contributed by atoms with van der Waals surface area (Å²) >= 11 is 4.47. The standard InChI is InChI=1S/C18H18F3N3O3S/c1-9-2-16(17(25)26)23-18(22-9)24-6-12(28)4-11(24)8-27-7-10-3-14(20)15(21)5-13(10)19/h2-3,5,11-12,28H,4,6-8H2,1H3,(H,25,26). The van der Waals surface area contributed by atoms with E-state index in [0.29, 0.717) is 24.7 Å². The number of benzene rings is 1. The van der Waals surface area contributed by atoms with Crippen LogP contribution in [0.1, 0.15) is 28.2 Å². The van der Waals surface area contributed by atoms with Gasteiger partial charge in [0.25, 0.3) is 0 Å². The molecule has 28 heavy (non-hydrogen) atoms. The first kappa shape index (κ1) is 20.4. The summed E-state index contributed by atoms with van der Waals surface area (Å²) in [7, 11) is 0. The monoisotopic (exact) mass is 413 g/mol. The second kappa shape index (κ2) is 8.36. The third kappa shape index (κ3) is 4.56. The van der Waals surface area contributed by atoms with E-state index < -0.39 is 23.4 Å². The quantitative estimate of drug-likeness (QED) is 0.560. The summed E-state index contributed by atoms with van der Waals surface area (Å²) in [6.45, 7) is 2.05. The molecular formula is C18H18F3N3O3S. The summed E-state index contributed by atoms with van der Waals surface area (Å²) in [6.07, 6.45) is 0.614. The topological polar surface area (TPSA) is 75.5 Å². The lowest BCUT2D eigenvalue weighted by Gasteiger charge is -2.25. The molecule has 0 spiro atoms. The number of aromatic carboxylic acids is 1. The molecule has 0 saturated carbocycles. The van der Waals surface area contributed by atoms with Crippen molar-refractivity contribution in [1.29, 1.82) is 0 Å². The van der Waals surface area contributed by atoms with Crippen LogP contribution in [-0.2, 0) is 11.3 Å². The number of nitrogens with zero attached hydrogens (tertiary/aromatic N) is 3. The molecule has 2 unspecified atom stereocenters. The number of ether oxygens (including phenoxy) is 1. The van der Waals surface area contributed by atoms with E-state index in [1.807, 2.05) is 0 Å². The van der Waals surface area contributed by atoms with Gasteiger partial charge in [-0.15, -0.1) is 0 Å². The molecule has 6 nitrogen and oxygen atoms in total. The molecule has 1 aromatic heterocycles. The number of hydrogen-bond acceptors (Lipinski definition) is 6. The predicted molar refractivity (Wildman–Crippen MR) is 98.2 cm³/mol. The Morgan fingerprint density at radius 2 is 1.96 bits per heavy atom. The fourth-order valence-corrected chi connectivity index (χ4v) is 3.48. The van der Waals surface area contributed by atoms with E-state index in [1.165, 1.54) is 6.07 Å². The van der Waals surface area contributed by atoms with Gasteiger partial charge in [0.2, 0.25) is 5.95 Å². The van der Waals surface area contributed by atoms with E-state index in [2.05, 4.69) is 22.6 Å². The van der Waals surface area contributed by atoms with Gasteiger partial charge in [-0.25, -0.2) is 27.9 Å². The minimum atomic E-state index is -1.26. The Labute approximate surface area is 164 Å². The molecule has 1 aliphatic rings. The van der Waals surface area contributed by atoms with E-state index in [9.17, 15) is 23.1 Å². The first-order chi connectivity index (χ1) is 13.2. The average molecular weight is 413 g/mol. The second-order valence-corrected chi connectivity index (χ2v) is 7.30. The number of rotatable bonds is 6. The van der Waals surface area contributed by atoms with E-state index >= 15 is 0 Å². The second-order valence-electron chi connectivity index (χ2n) is 6.57. The maximum Gasteiger partial charge on any atom is 0.354 e. The number of carboxylic acids is 1. The Kier molecular flexibility index (Phi) is 6.09. The van der Waals surface area contributed by atoms with Crippen LogP contribution in [-0.4, -0.2) is 45.5 Å². The Balaban J connectivity index is 1.71. The Bertz CT molecular complexity index is 900. The molecule has 10 heteroatoms. The molecule has 0 amide bonds. The van der Waals surface area contributed by atoms with Crippen LogP contribution in [0.2, 0.25) is 0 Å². The zero-order chi connectivity index (χ0) is 20.4. The number of thiol groups is 1. The molecule has 2 aromatic rings. The lowest BCUT2D eigenvalue weighted by atomic mass is 10.2. The smallest absolute Gasteiger partial charge is 0.354 e. The Morgan fingerprint density at radius 1 is 1.25 bits per heavy atom. The number of carboxylic acid groups (broad SMARTS) is 1. The number of hydrogen-bond donors (Lipinski definition) is 2. The predicted octanol–water partition coefficient (Wildman–Crippen LogP) is 2.99. The van der Waals surface area contributed by atoms with Crippen LogP contribution >= 0.6 is 12.6 Å². The summed E-state index contributed by atoms with van der Waals surface area (Å²) < 4.78 is 45.5. The number of aromatic nitrogens is 2. The van der Waals surface area contributed by atoms with E-state index in [1.54, 1.807) is 11.8 Å². The summed E-state index contributed by atoms with van der Waals surface area (Å²) in [5, 5.41) is 9.18. The highest BCUT2D eigenvalue weighted by Gasteiger charge is 2.33. The van der Waals surface area contributed by atoms with Crippen LogP contribution in [0.25, 0.3) is 0 Å². The number of halogens is 3. The van der Waals surface area contributed by atoms with Gasteiger partial charge >= 0.3 is 5.97 Å². The van der Waals surface area contributed by atoms with Gasteiger partial charge in [0.1, 0.15) is 5.82 Å². The molecule has 0 radical (unpaired) electrons. The molecule has 3 rings (SSSR count). The molecule has 150 valence electrons. The molecule has 2 heterocycles. The first-order valence-corrected chi connectivity index (χ1v) is 9.01. The molecule has 2 atom stereocenters. The number of carbonyl (C=O) groups is 1. The molecular weight excluding hydrogens is 395 g/mol. The van der Waals surface area contributed by atoms with Crippen molar-refractivity contribution in [3.63, 3.8) is 0 Å². The fourth-order valence-electron chi connectivity index (χ4n) is 3.07. The third-order valence-corrected chi connectivity index (χ3v) is 4.74. The van der Waals surface area contributed by atoms with E-state index in [-0.39, 0.29) is 41.7 Å². The highest BCUT2D eigenvalue weighted by Crippen LogP contribution is 2.27. The molecule has 1 N–H and O–H groups in total. The van der Waals surface area contributed by atoms with Crippen LogP contribution in [0.15, 0.2) is 18.2 Å². The van der Waals surface area contributed by atoms with Crippen molar-refractivity contribution in [2.24, 2.45) is 0 Å². The van der Waals surface area contributed by atoms with Gasteiger partial charge < -0.3 is 14.7 Å². The summed E-state index contributed by atoms with van der Waals surface area (Å²) in [5.41, 5.74) is 0.299. The SMILES string of the molecule is Cc1cc(C(=O)O)nc(N2CC(S)CC2COCc2cc(F)c(F)cc2F)n1. The van der Waals surface area contributed by atoms with Gasteiger partial charge in [-0.3, -0.25) is 0 Å². The van der Waals surface area contributed by atoms with Crippen molar-refractivity contribution in [3.05, 3.63) is 52.6 Å². The van der Waals surface area contributed by atoms with E-state index in [0.717, 1.165) is 6.07 Å². The van der Waals surface area contributed by atoms with Crippen LogP contribution in [0.4, 0.5) is 19.1 Å². The van der Waals surface area contributed by atoms with Crippen molar-refractivity contribution in [2.75, 3.05) is 18.1 Å². The molecule has 0 aliphatic carbocycles. The van der Waals surface area contributed by atoms with Crippen molar-refractivity contribution >= 4 is 24.5 Å². The normalized spacial score (nSPS) is 19.2. The van der Waals surface area contributed by atoms with E-state index in [4.69, 9.17) is 4.74 Å². The zero-order valence-corrected chi connectivity index (χ0v) is 15.8. The zero-order valence-electron chi connectivity index (χ0n) is 14.9. The van der Waals surface area contributed by atoms with Crippen molar-refractivity contribution in [3.8, 4) is 0 Å². The van der Waals surface area contributed by atoms with Gasteiger partial charge in [-0.2, -0.15) is 12.6 Å². The minimum absolute atomic E-state index is 0.00834. The van der Waals surface area contributed by atoms with Crippen LogP contribution in [0, 0.1) is 24.4 Å². The molecule has 1 aromatic carbocycles.